The summed E-state index contributed by atoms with van der Waals surface area (Å²) in [6, 6.07) is 5.54. The van der Waals surface area contributed by atoms with E-state index in [0.29, 0.717) is 17.4 Å². The Balaban J connectivity index is 2.33. The van der Waals surface area contributed by atoms with Gasteiger partial charge in [-0.2, -0.15) is 0 Å². The van der Waals surface area contributed by atoms with Gasteiger partial charge in [0.2, 0.25) is 5.91 Å². The van der Waals surface area contributed by atoms with Crippen LogP contribution in [0.2, 0.25) is 5.02 Å². The predicted octanol–water partition coefficient (Wildman–Crippen LogP) is 3.36. The van der Waals surface area contributed by atoms with E-state index in [9.17, 15) is 4.79 Å². The molecule has 0 aliphatic carbocycles. The second kappa shape index (κ2) is 5.81. The SMILES string of the molecule is CC(C)CN1C(=O)CC(N)C1c1ccc(Br)c(Cl)c1. The van der Waals surface area contributed by atoms with Crippen LogP contribution in [-0.2, 0) is 4.79 Å². The zero-order valence-corrected chi connectivity index (χ0v) is 13.4. The first-order valence-electron chi connectivity index (χ1n) is 6.40. The van der Waals surface area contributed by atoms with Gasteiger partial charge in [-0.1, -0.05) is 31.5 Å². The second-order valence-corrected chi connectivity index (χ2v) is 6.69. The molecule has 0 bridgehead atoms. The van der Waals surface area contributed by atoms with Gasteiger partial charge >= 0.3 is 0 Å². The molecule has 1 aliphatic heterocycles. The van der Waals surface area contributed by atoms with Crippen molar-refractivity contribution in [1.82, 2.24) is 4.90 Å². The minimum Gasteiger partial charge on any atom is -0.334 e. The normalized spacial score (nSPS) is 23.5. The van der Waals surface area contributed by atoms with Crippen molar-refractivity contribution < 1.29 is 4.79 Å². The number of hydrogen-bond acceptors (Lipinski definition) is 2. The molecule has 2 N–H and O–H groups in total. The van der Waals surface area contributed by atoms with Crippen LogP contribution in [-0.4, -0.2) is 23.4 Å². The number of halogens is 2. The summed E-state index contributed by atoms with van der Waals surface area (Å²) in [6.07, 6.45) is 0.408. The number of likely N-dealkylation sites (tertiary alicyclic amines) is 1. The van der Waals surface area contributed by atoms with Crippen molar-refractivity contribution in [3.8, 4) is 0 Å². The molecule has 0 saturated carbocycles. The Morgan fingerprint density at radius 3 is 2.79 bits per heavy atom. The van der Waals surface area contributed by atoms with E-state index in [0.717, 1.165) is 16.6 Å². The average Bonchev–Trinajstić information content (AvgIpc) is 2.57. The van der Waals surface area contributed by atoms with Crippen molar-refractivity contribution in [1.29, 1.82) is 0 Å². The Bertz CT molecular complexity index is 492. The Morgan fingerprint density at radius 2 is 2.21 bits per heavy atom. The third-order valence-electron chi connectivity index (χ3n) is 3.32. The number of carbonyl (C=O) groups excluding carboxylic acids is 1. The van der Waals surface area contributed by atoms with Gasteiger partial charge in [0.1, 0.15) is 0 Å². The zero-order valence-electron chi connectivity index (χ0n) is 11.1. The van der Waals surface area contributed by atoms with E-state index in [-0.39, 0.29) is 18.0 Å². The van der Waals surface area contributed by atoms with Crippen LogP contribution in [0.15, 0.2) is 22.7 Å². The molecule has 1 heterocycles. The Labute approximate surface area is 127 Å². The highest BCUT2D eigenvalue weighted by atomic mass is 79.9. The molecule has 3 nitrogen and oxygen atoms in total. The van der Waals surface area contributed by atoms with Crippen molar-refractivity contribution in [2.24, 2.45) is 11.7 Å². The number of rotatable bonds is 3. The molecule has 0 radical (unpaired) electrons. The summed E-state index contributed by atoms with van der Waals surface area (Å²) in [5.74, 6) is 0.549. The van der Waals surface area contributed by atoms with E-state index in [1.165, 1.54) is 0 Å². The van der Waals surface area contributed by atoms with Crippen LogP contribution in [0.3, 0.4) is 0 Å². The highest BCUT2D eigenvalue weighted by molar-refractivity contribution is 9.10. The van der Waals surface area contributed by atoms with Crippen molar-refractivity contribution >= 4 is 33.4 Å². The van der Waals surface area contributed by atoms with Crippen molar-refractivity contribution in [3.63, 3.8) is 0 Å². The first-order chi connectivity index (χ1) is 8.90. The van der Waals surface area contributed by atoms with E-state index in [1.54, 1.807) is 0 Å². The van der Waals surface area contributed by atoms with E-state index in [1.807, 2.05) is 23.1 Å². The van der Waals surface area contributed by atoms with E-state index < -0.39 is 0 Å². The topological polar surface area (TPSA) is 46.3 Å². The molecule has 2 unspecified atom stereocenters. The third kappa shape index (κ3) is 3.12. The Kier molecular flexibility index (Phi) is 4.54. The minimum atomic E-state index is -0.163. The molecule has 104 valence electrons. The summed E-state index contributed by atoms with van der Waals surface area (Å²) in [6.45, 7) is 4.93. The van der Waals surface area contributed by atoms with Gasteiger partial charge in [0, 0.05) is 23.5 Å². The number of carbonyl (C=O) groups is 1. The molecule has 1 aromatic carbocycles. The van der Waals surface area contributed by atoms with Crippen LogP contribution < -0.4 is 5.73 Å². The maximum atomic E-state index is 12.1. The van der Waals surface area contributed by atoms with Gasteiger partial charge in [0.25, 0.3) is 0 Å². The largest absolute Gasteiger partial charge is 0.334 e. The molecule has 1 aromatic rings. The number of amides is 1. The smallest absolute Gasteiger partial charge is 0.224 e. The zero-order chi connectivity index (χ0) is 14.2. The van der Waals surface area contributed by atoms with Crippen LogP contribution in [0, 0.1) is 5.92 Å². The molecule has 1 saturated heterocycles. The fraction of sp³-hybridized carbons (Fsp3) is 0.500. The highest BCUT2D eigenvalue weighted by Gasteiger charge is 2.38. The van der Waals surface area contributed by atoms with Crippen molar-refractivity contribution in [2.45, 2.75) is 32.4 Å². The first-order valence-corrected chi connectivity index (χ1v) is 7.57. The summed E-state index contributed by atoms with van der Waals surface area (Å²) in [5, 5.41) is 0.647. The lowest BCUT2D eigenvalue weighted by Gasteiger charge is -2.29. The quantitative estimate of drug-likeness (QED) is 0.913. The molecule has 0 aromatic heterocycles. The first kappa shape index (κ1) is 14.8. The molecular formula is C14H18BrClN2O. The third-order valence-corrected chi connectivity index (χ3v) is 4.55. The number of benzene rings is 1. The van der Waals surface area contributed by atoms with Gasteiger partial charge in [-0.15, -0.1) is 0 Å². The summed E-state index contributed by atoms with van der Waals surface area (Å²) in [7, 11) is 0. The lowest BCUT2D eigenvalue weighted by Crippen LogP contribution is -2.35. The summed E-state index contributed by atoms with van der Waals surface area (Å²) in [4.78, 5) is 13.9. The fourth-order valence-corrected chi connectivity index (χ4v) is 2.98. The minimum absolute atomic E-state index is 0.0690. The molecule has 19 heavy (non-hydrogen) atoms. The molecule has 5 heteroatoms. The van der Waals surface area contributed by atoms with Crippen LogP contribution >= 0.6 is 27.5 Å². The monoisotopic (exact) mass is 344 g/mol. The van der Waals surface area contributed by atoms with E-state index in [4.69, 9.17) is 17.3 Å². The van der Waals surface area contributed by atoms with Crippen LogP contribution in [0.4, 0.5) is 0 Å². The van der Waals surface area contributed by atoms with Gasteiger partial charge in [0.15, 0.2) is 0 Å². The van der Waals surface area contributed by atoms with Crippen molar-refractivity contribution in [3.05, 3.63) is 33.3 Å². The van der Waals surface area contributed by atoms with E-state index in [2.05, 4.69) is 29.8 Å². The molecular weight excluding hydrogens is 328 g/mol. The summed E-state index contributed by atoms with van der Waals surface area (Å²) < 4.78 is 0.853. The van der Waals surface area contributed by atoms with Gasteiger partial charge in [-0.25, -0.2) is 0 Å². The maximum Gasteiger partial charge on any atom is 0.224 e. The molecule has 0 spiro atoms. The van der Waals surface area contributed by atoms with Gasteiger partial charge in [-0.05, 0) is 39.5 Å². The van der Waals surface area contributed by atoms with E-state index >= 15 is 0 Å². The van der Waals surface area contributed by atoms with Gasteiger partial charge in [0.05, 0.1) is 11.1 Å². The lowest BCUT2D eigenvalue weighted by atomic mass is 10.0. The number of nitrogens with two attached hydrogens (primary N) is 1. The van der Waals surface area contributed by atoms with Gasteiger partial charge in [-0.3, -0.25) is 4.79 Å². The van der Waals surface area contributed by atoms with Crippen LogP contribution in [0.1, 0.15) is 31.9 Å². The Morgan fingerprint density at radius 1 is 1.53 bits per heavy atom. The number of hydrogen-bond donors (Lipinski definition) is 1. The van der Waals surface area contributed by atoms with Crippen LogP contribution in [0.5, 0.6) is 0 Å². The number of nitrogens with zero attached hydrogens (tertiary/aromatic N) is 1. The molecule has 1 amide bonds. The van der Waals surface area contributed by atoms with Gasteiger partial charge < -0.3 is 10.6 Å². The fourth-order valence-electron chi connectivity index (χ4n) is 2.55. The second-order valence-electron chi connectivity index (χ2n) is 5.43. The highest BCUT2D eigenvalue weighted by Crippen LogP contribution is 2.35. The summed E-state index contributed by atoms with van der Waals surface area (Å²) in [5.41, 5.74) is 7.15. The molecule has 2 rings (SSSR count). The molecule has 1 aliphatic rings. The summed E-state index contributed by atoms with van der Waals surface area (Å²) >= 11 is 9.52. The maximum absolute atomic E-state index is 12.1. The lowest BCUT2D eigenvalue weighted by molar-refractivity contribution is -0.129. The molecule has 1 fully saturated rings. The molecule has 2 atom stereocenters. The van der Waals surface area contributed by atoms with Crippen LogP contribution in [0.25, 0.3) is 0 Å². The average molecular weight is 346 g/mol. The Hall–Kier alpha value is -0.580. The standard InChI is InChI=1S/C14H18BrClN2O/c1-8(2)7-18-13(19)6-12(17)14(18)9-3-4-10(15)11(16)5-9/h3-5,8,12,14H,6-7,17H2,1-2H3. The van der Waals surface area contributed by atoms with Crippen molar-refractivity contribution in [2.75, 3.05) is 6.54 Å². The predicted molar refractivity (Wildman–Crippen MR) is 81.0 cm³/mol.